The molecule has 2 fully saturated rings. The van der Waals surface area contributed by atoms with Crippen LogP contribution in [0.15, 0.2) is 24.3 Å². The molecule has 1 unspecified atom stereocenters. The van der Waals surface area contributed by atoms with Gasteiger partial charge in [-0.1, -0.05) is 12.1 Å². The predicted molar refractivity (Wildman–Crippen MR) is 88.2 cm³/mol. The third-order valence-electron chi connectivity index (χ3n) is 4.17. The summed E-state index contributed by atoms with van der Waals surface area (Å²) in [5.41, 5.74) is 1.46. The molecule has 1 saturated heterocycles. The summed E-state index contributed by atoms with van der Waals surface area (Å²) in [6.07, 6.45) is 5.60. The minimum Gasteiger partial charge on any atom is -0.313 e. The van der Waals surface area contributed by atoms with Crippen molar-refractivity contribution in [2.45, 2.75) is 38.3 Å². The van der Waals surface area contributed by atoms with Crippen LogP contribution in [0.4, 0.5) is 0 Å². The van der Waals surface area contributed by atoms with Crippen LogP contribution in [0.2, 0.25) is 0 Å². The normalized spacial score (nSPS) is 23.2. The molecule has 0 aromatic heterocycles. The molecule has 2 aliphatic rings. The van der Waals surface area contributed by atoms with Gasteiger partial charge in [0, 0.05) is 29.2 Å². The first-order valence-electron chi connectivity index (χ1n) is 7.50. The highest BCUT2D eigenvalue weighted by molar-refractivity contribution is 14.1. The van der Waals surface area contributed by atoms with Crippen LogP contribution in [0.3, 0.4) is 0 Å². The highest BCUT2D eigenvalue weighted by Crippen LogP contribution is 2.30. The van der Waals surface area contributed by atoms with Gasteiger partial charge in [0.2, 0.25) is 0 Å². The van der Waals surface area contributed by atoms with Gasteiger partial charge in [0.25, 0.3) is 0 Å². The van der Waals surface area contributed by atoms with Gasteiger partial charge in [0.05, 0.1) is 0 Å². The van der Waals surface area contributed by atoms with E-state index >= 15 is 0 Å². The maximum atomic E-state index is 3.63. The lowest BCUT2D eigenvalue weighted by Gasteiger charge is -2.25. The molecular weight excluding hydrogens is 347 g/mol. The smallest absolute Gasteiger partial charge is 0.0234 e. The van der Waals surface area contributed by atoms with E-state index in [2.05, 4.69) is 57.1 Å². The highest BCUT2D eigenvalue weighted by Gasteiger charge is 2.26. The van der Waals surface area contributed by atoms with Gasteiger partial charge in [-0.15, -0.1) is 0 Å². The van der Waals surface area contributed by atoms with Crippen molar-refractivity contribution in [3.05, 3.63) is 33.4 Å². The first-order chi connectivity index (χ1) is 9.29. The standard InChI is InChI=1S/C16H23IN2/c17-15-7-5-14(6-8-15)11-19(10-13-3-4-13)12-16-2-1-9-18-16/h5-8,13,16,18H,1-4,9-12H2. The molecule has 0 bridgehead atoms. The molecule has 0 spiro atoms. The van der Waals surface area contributed by atoms with Crippen molar-refractivity contribution in [1.82, 2.24) is 10.2 Å². The number of nitrogens with zero attached hydrogens (tertiary/aromatic N) is 1. The van der Waals surface area contributed by atoms with Crippen LogP contribution in [0.1, 0.15) is 31.2 Å². The van der Waals surface area contributed by atoms with E-state index in [1.165, 1.54) is 54.5 Å². The number of hydrogen-bond acceptors (Lipinski definition) is 2. The molecule has 19 heavy (non-hydrogen) atoms. The summed E-state index contributed by atoms with van der Waals surface area (Å²) >= 11 is 2.38. The quantitative estimate of drug-likeness (QED) is 0.774. The van der Waals surface area contributed by atoms with E-state index in [1.54, 1.807) is 0 Å². The molecule has 1 aromatic rings. The van der Waals surface area contributed by atoms with Crippen LogP contribution in [0, 0.1) is 9.49 Å². The van der Waals surface area contributed by atoms with Gasteiger partial charge in [0.1, 0.15) is 0 Å². The highest BCUT2D eigenvalue weighted by atomic mass is 127. The van der Waals surface area contributed by atoms with E-state index < -0.39 is 0 Å². The molecule has 1 aliphatic carbocycles. The Morgan fingerprint density at radius 1 is 1.11 bits per heavy atom. The first kappa shape index (κ1) is 13.8. The van der Waals surface area contributed by atoms with E-state index in [9.17, 15) is 0 Å². The topological polar surface area (TPSA) is 15.3 Å². The number of halogens is 1. The van der Waals surface area contributed by atoms with Crippen molar-refractivity contribution in [2.75, 3.05) is 19.6 Å². The van der Waals surface area contributed by atoms with Gasteiger partial charge >= 0.3 is 0 Å². The van der Waals surface area contributed by atoms with Crippen molar-refractivity contribution >= 4 is 22.6 Å². The fraction of sp³-hybridized carbons (Fsp3) is 0.625. The van der Waals surface area contributed by atoms with Crippen LogP contribution in [0.5, 0.6) is 0 Å². The number of rotatable bonds is 6. The zero-order valence-electron chi connectivity index (χ0n) is 11.4. The number of hydrogen-bond donors (Lipinski definition) is 1. The predicted octanol–water partition coefficient (Wildman–Crippen LogP) is 3.26. The third kappa shape index (κ3) is 4.43. The first-order valence-corrected chi connectivity index (χ1v) is 8.57. The Labute approximate surface area is 130 Å². The van der Waals surface area contributed by atoms with Gasteiger partial charge in [0.15, 0.2) is 0 Å². The largest absolute Gasteiger partial charge is 0.313 e. The van der Waals surface area contributed by atoms with Gasteiger partial charge in [-0.3, -0.25) is 4.90 Å². The number of nitrogens with one attached hydrogen (secondary N) is 1. The Kier molecular flexibility index (Phi) is 4.77. The summed E-state index contributed by atoms with van der Waals surface area (Å²) in [5.74, 6) is 0.977. The summed E-state index contributed by atoms with van der Waals surface area (Å²) in [7, 11) is 0. The molecule has 2 nitrogen and oxygen atoms in total. The minimum atomic E-state index is 0.725. The number of benzene rings is 1. The zero-order valence-corrected chi connectivity index (χ0v) is 13.6. The fourth-order valence-corrected chi connectivity index (χ4v) is 3.30. The summed E-state index contributed by atoms with van der Waals surface area (Å²) in [6.45, 7) is 4.85. The second-order valence-electron chi connectivity index (χ2n) is 6.06. The van der Waals surface area contributed by atoms with Crippen LogP contribution >= 0.6 is 22.6 Å². The third-order valence-corrected chi connectivity index (χ3v) is 4.89. The SMILES string of the molecule is Ic1ccc(CN(CC2CC2)CC2CCCN2)cc1. The average Bonchev–Trinajstić information content (AvgIpc) is 3.06. The Balaban J connectivity index is 1.58. The summed E-state index contributed by atoms with van der Waals surface area (Å²) < 4.78 is 1.33. The van der Waals surface area contributed by atoms with E-state index in [4.69, 9.17) is 0 Å². The van der Waals surface area contributed by atoms with E-state index in [1.807, 2.05) is 0 Å². The summed E-state index contributed by atoms with van der Waals surface area (Å²) in [6, 6.07) is 9.73. The Bertz CT molecular complexity index is 394. The molecule has 1 atom stereocenters. The second-order valence-corrected chi connectivity index (χ2v) is 7.30. The molecule has 3 heteroatoms. The van der Waals surface area contributed by atoms with E-state index in [0.29, 0.717) is 0 Å². The molecule has 0 radical (unpaired) electrons. The van der Waals surface area contributed by atoms with Crippen molar-refractivity contribution < 1.29 is 0 Å². The molecule has 1 aliphatic heterocycles. The van der Waals surface area contributed by atoms with E-state index in [-0.39, 0.29) is 0 Å². The summed E-state index contributed by atoms with van der Waals surface area (Å²) in [4.78, 5) is 2.67. The minimum absolute atomic E-state index is 0.725. The van der Waals surface area contributed by atoms with Crippen LogP contribution in [-0.4, -0.2) is 30.6 Å². The monoisotopic (exact) mass is 370 g/mol. The Morgan fingerprint density at radius 3 is 2.53 bits per heavy atom. The molecule has 104 valence electrons. The van der Waals surface area contributed by atoms with Gasteiger partial charge < -0.3 is 5.32 Å². The van der Waals surface area contributed by atoms with Gasteiger partial charge in [-0.2, -0.15) is 0 Å². The molecule has 1 aromatic carbocycles. The maximum absolute atomic E-state index is 3.63. The maximum Gasteiger partial charge on any atom is 0.0234 e. The lowest BCUT2D eigenvalue weighted by atomic mass is 10.1. The van der Waals surface area contributed by atoms with Crippen LogP contribution in [-0.2, 0) is 6.54 Å². The molecule has 1 N–H and O–H groups in total. The summed E-state index contributed by atoms with van der Waals surface area (Å²) in [5, 5.41) is 3.63. The average molecular weight is 370 g/mol. The van der Waals surface area contributed by atoms with Crippen molar-refractivity contribution in [1.29, 1.82) is 0 Å². The molecule has 1 heterocycles. The van der Waals surface area contributed by atoms with Crippen molar-refractivity contribution in [3.8, 4) is 0 Å². The van der Waals surface area contributed by atoms with Crippen molar-refractivity contribution in [3.63, 3.8) is 0 Å². The second kappa shape index (κ2) is 6.55. The lowest BCUT2D eigenvalue weighted by Crippen LogP contribution is -2.38. The molecule has 0 amide bonds. The van der Waals surface area contributed by atoms with Crippen LogP contribution < -0.4 is 5.32 Å². The Hall–Kier alpha value is -0.130. The lowest BCUT2D eigenvalue weighted by molar-refractivity contribution is 0.232. The van der Waals surface area contributed by atoms with E-state index in [0.717, 1.165) is 18.5 Å². The van der Waals surface area contributed by atoms with Crippen LogP contribution in [0.25, 0.3) is 0 Å². The molecule has 1 saturated carbocycles. The molecule has 3 rings (SSSR count). The van der Waals surface area contributed by atoms with Crippen molar-refractivity contribution in [2.24, 2.45) is 5.92 Å². The zero-order chi connectivity index (χ0) is 13.1. The fourth-order valence-electron chi connectivity index (χ4n) is 2.94. The van der Waals surface area contributed by atoms with Gasteiger partial charge in [-0.25, -0.2) is 0 Å². The van der Waals surface area contributed by atoms with Gasteiger partial charge in [-0.05, 0) is 78.4 Å². The molecular formula is C16H23IN2. The Morgan fingerprint density at radius 2 is 1.89 bits per heavy atom.